The van der Waals surface area contributed by atoms with Crippen molar-refractivity contribution in [1.82, 2.24) is 10.2 Å². The second-order valence-electron chi connectivity index (χ2n) is 7.56. The van der Waals surface area contributed by atoms with Gasteiger partial charge in [0, 0.05) is 16.8 Å². The van der Waals surface area contributed by atoms with Gasteiger partial charge in [0.1, 0.15) is 6.04 Å². The molecule has 2 amide bonds. The second-order valence-corrected chi connectivity index (χ2v) is 7.56. The van der Waals surface area contributed by atoms with Crippen LogP contribution in [0.1, 0.15) is 41.4 Å². The van der Waals surface area contributed by atoms with Gasteiger partial charge in [0.05, 0.1) is 6.04 Å². The Morgan fingerprint density at radius 3 is 2.03 bits per heavy atom. The Kier molecular flexibility index (Phi) is 5.23. The van der Waals surface area contributed by atoms with Crippen molar-refractivity contribution in [3.8, 4) is 11.1 Å². The summed E-state index contributed by atoms with van der Waals surface area (Å²) in [6, 6.07) is 24.8. The standard InChI is InChI=1S/C26H24N2O2/c1-17(20-13-15-22(16-14-20)21-9-5-4-6-10-21)27-25(29)19(3)28-18(2)23-11-7-8-12-24(23)26(28)30/h4-17,19H,2H2,1,3H3,(H,27,29)/t17-,19+/m0/s1. The predicted molar refractivity (Wildman–Crippen MR) is 120 cm³/mol. The normalized spacial score (nSPS) is 14.9. The Bertz CT molecular complexity index is 1070. The summed E-state index contributed by atoms with van der Waals surface area (Å²) < 4.78 is 0. The van der Waals surface area contributed by atoms with E-state index >= 15 is 0 Å². The molecule has 4 rings (SSSR count). The number of nitrogens with one attached hydrogen (secondary N) is 1. The minimum Gasteiger partial charge on any atom is -0.348 e. The lowest BCUT2D eigenvalue weighted by Gasteiger charge is -2.26. The highest BCUT2D eigenvalue weighted by atomic mass is 16.2. The number of nitrogens with zero attached hydrogens (tertiary/aromatic N) is 1. The number of fused-ring (bicyclic) bond motifs is 1. The van der Waals surface area contributed by atoms with Gasteiger partial charge in [0.2, 0.25) is 5.91 Å². The van der Waals surface area contributed by atoms with Gasteiger partial charge in [-0.2, -0.15) is 0 Å². The maximum absolute atomic E-state index is 12.9. The minimum atomic E-state index is -0.650. The molecule has 0 radical (unpaired) electrons. The fourth-order valence-corrected chi connectivity index (χ4v) is 3.84. The van der Waals surface area contributed by atoms with Crippen LogP contribution in [0.3, 0.4) is 0 Å². The van der Waals surface area contributed by atoms with Crippen LogP contribution in [-0.4, -0.2) is 22.8 Å². The number of amides is 2. The fraction of sp³-hybridized carbons (Fsp3) is 0.154. The van der Waals surface area contributed by atoms with Gasteiger partial charge in [-0.05, 0) is 36.6 Å². The molecule has 0 saturated carbocycles. The molecule has 4 nitrogen and oxygen atoms in total. The lowest BCUT2D eigenvalue weighted by Crippen LogP contribution is -2.45. The van der Waals surface area contributed by atoms with Crippen LogP contribution in [0.5, 0.6) is 0 Å². The summed E-state index contributed by atoms with van der Waals surface area (Å²) >= 11 is 0. The van der Waals surface area contributed by atoms with E-state index in [1.807, 2.05) is 55.5 Å². The van der Waals surface area contributed by atoms with E-state index in [0.29, 0.717) is 11.3 Å². The van der Waals surface area contributed by atoms with Gasteiger partial charge in [-0.3, -0.25) is 14.5 Å². The molecule has 0 bridgehead atoms. The van der Waals surface area contributed by atoms with E-state index in [1.54, 1.807) is 13.0 Å². The summed E-state index contributed by atoms with van der Waals surface area (Å²) in [6.45, 7) is 7.71. The van der Waals surface area contributed by atoms with E-state index in [4.69, 9.17) is 0 Å². The zero-order valence-corrected chi connectivity index (χ0v) is 17.1. The van der Waals surface area contributed by atoms with Crippen LogP contribution in [0.4, 0.5) is 0 Å². The van der Waals surface area contributed by atoms with Gasteiger partial charge in [-0.1, -0.05) is 79.4 Å². The molecular formula is C26H24N2O2. The van der Waals surface area contributed by atoms with Crippen molar-refractivity contribution >= 4 is 17.5 Å². The Morgan fingerprint density at radius 2 is 1.40 bits per heavy atom. The number of hydrogen-bond donors (Lipinski definition) is 1. The highest BCUT2D eigenvalue weighted by molar-refractivity contribution is 6.10. The van der Waals surface area contributed by atoms with E-state index in [0.717, 1.165) is 22.3 Å². The molecule has 0 aromatic heterocycles. The first kappa shape index (κ1) is 19.6. The first-order valence-electron chi connectivity index (χ1n) is 10.0. The van der Waals surface area contributed by atoms with Gasteiger partial charge in [-0.25, -0.2) is 0 Å². The molecule has 0 fully saturated rings. The van der Waals surface area contributed by atoms with E-state index in [-0.39, 0.29) is 17.9 Å². The first-order valence-corrected chi connectivity index (χ1v) is 10.0. The van der Waals surface area contributed by atoms with E-state index in [2.05, 4.69) is 36.2 Å². The third kappa shape index (κ3) is 3.52. The molecule has 4 heteroatoms. The fourth-order valence-electron chi connectivity index (χ4n) is 3.84. The topological polar surface area (TPSA) is 49.4 Å². The van der Waals surface area contributed by atoms with Crippen molar-refractivity contribution in [3.63, 3.8) is 0 Å². The molecular weight excluding hydrogens is 372 g/mol. The van der Waals surface area contributed by atoms with Crippen LogP contribution < -0.4 is 5.32 Å². The maximum atomic E-state index is 12.9. The lowest BCUT2D eigenvalue weighted by atomic mass is 10.0. The molecule has 1 aliphatic rings. The third-order valence-corrected chi connectivity index (χ3v) is 5.62. The van der Waals surface area contributed by atoms with Crippen molar-refractivity contribution < 1.29 is 9.59 Å². The molecule has 1 heterocycles. The van der Waals surface area contributed by atoms with Crippen molar-refractivity contribution in [2.75, 3.05) is 0 Å². The average Bonchev–Trinajstić information content (AvgIpc) is 3.04. The van der Waals surface area contributed by atoms with E-state index < -0.39 is 6.04 Å². The highest BCUT2D eigenvalue weighted by Crippen LogP contribution is 2.33. The van der Waals surface area contributed by atoms with Crippen LogP contribution in [0.2, 0.25) is 0 Å². The molecule has 2 atom stereocenters. The Labute approximate surface area is 176 Å². The van der Waals surface area contributed by atoms with Crippen molar-refractivity contribution in [1.29, 1.82) is 0 Å². The van der Waals surface area contributed by atoms with E-state index in [1.165, 1.54) is 4.90 Å². The molecule has 3 aromatic rings. The molecule has 0 spiro atoms. The first-order chi connectivity index (χ1) is 14.5. The predicted octanol–water partition coefficient (Wildman–Crippen LogP) is 5.05. The molecule has 0 unspecified atom stereocenters. The minimum absolute atomic E-state index is 0.182. The molecule has 1 N–H and O–H groups in total. The number of rotatable bonds is 5. The molecule has 3 aromatic carbocycles. The van der Waals surface area contributed by atoms with Crippen LogP contribution in [0, 0.1) is 0 Å². The van der Waals surface area contributed by atoms with Crippen molar-refractivity contribution in [2.45, 2.75) is 25.9 Å². The summed E-state index contributed by atoms with van der Waals surface area (Å²) in [7, 11) is 0. The third-order valence-electron chi connectivity index (χ3n) is 5.62. The van der Waals surface area contributed by atoms with Gasteiger partial charge in [-0.15, -0.1) is 0 Å². The zero-order chi connectivity index (χ0) is 21.3. The summed E-state index contributed by atoms with van der Waals surface area (Å²) in [5.74, 6) is -0.393. The van der Waals surface area contributed by atoms with Gasteiger partial charge in [0.25, 0.3) is 5.91 Å². The second kappa shape index (κ2) is 7.99. The lowest BCUT2D eigenvalue weighted by molar-refractivity contribution is -0.124. The summed E-state index contributed by atoms with van der Waals surface area (Å²) in [4.78, 5) is 27.1. The van der Waals surface area contributed by atoms with Crippen LogP contribution in [-0.2, 0) is 4.79 Å². The Balaban J connectivity index is 1.45. The van der Waals surface area contributed by atoms with Crippen LogP contribution >= 0.6 is 0 Å². The van der Waals surface area contributed by atoms with Gasteiger partial charge < -0.3 is 5.32 Å². The summed E-state index contributed by atoms with van der Waals surface area (Å²) in [5, 5.41) is 3.03. The number of carbonyl (C=O) groups is 2. The number of benzene rings is 3. The van der Waals surface area contributed by atoms with E-state index in [9.17, 15) is 9.59 Å². The Hall–Kier alpha value is -3.66. The SMILES string of the molecule is C=C1c2ccccc2C(=O)N1[C@H](C)C(=O)N[C@@H](C)c1ccc(-c2ccccc2)cc1. The van der Waals surface area contributed by atoms with Crippen molar-refractivity contribution in [2.24, 2.45) is 0 Å². The van der Waals surface area contributed by atoms with Gasteiger partial charge in [0.15, 0.2) is 0 Å². The summed E-state index contributed by atoms with van der Waals surface area (Å²) in [6.07, 6.45) is 0. The number of carbonyl (C=O) groups excluding carboxylic acids is 2. The summed E-state index contributed by atoms with van der Waals surface area (Å²) in [5.41, 5.74) is 5.23. The quantitative estimate of drug-likeness (QED) is 0.656. The monoisotopic (exact) mass is 396 g/mol. The Morgan fingerprint density at radius 1 is 0.833 bits per heavy atom. The molecule has 0 aliphatic carbocycles. The molecule has 1 aliphatic heterocycles. The smallest absolute Gasteiger partial charge is 0.259 e. The zero-order valence-electron chi connectivity index (χ0n) is 17.1. The van der Waals surface area contributed by atoms with Crippen LogP contribution in [0.25, 0.3) is 16.8 Å². The largest absolute Gasteiger partial charge is 0.348 e. The highest BCUT2D eigenvalue weighted by Gasteiger charge is 2.36. The van der Waals surface area contributed by atoms with Crippen molar-refractivity contribution in [3.05, 3.63) is 102 Å². The number of hydrogen-bond acceptors (Lipinski definition) is 2. The molecule has 30 heavy (non-hydrogen) atoms. The van der Waals surface area contributed by atoms with Gasteiger partial charge >= 0.3 is 0 Å². The molecule has 0 saturated heterocycles. The average molecular weight is 396 g/mol. The molecule has 150 valence electrons. The maximum Gasteiger partial charge on any atom is 0.259 e. The van der Waals surface area contributed by atoms with Crippen LogP contribution in [0.15, 0.2) is 85.4 Å².